The van der Waals surface area contributed by atoms with Crippen LogP contribution in [0.1, 0.15) is 32.1 Å². The van der Waals surface area contributed by atoms with Gasteiger partial charge in [-0.3, -0.25) is 4.79 Å². The fourth-order valence-electron chi connectivity index (χ4n) is 2.93. The number of carbonyl (C=O) groups is 1. The van der Waals surface area contributed by atoms with Crippen molar-refractivity contribution in [3.8, 4) is 17.2 Å². The van der Waals surface area contributed by atoms with Gasteiger partial charge in [0.2, 0.25) is 11.2 Å². The minimum Gasteiger partial charge on any atom is -0.479 e. The van der Waals surface area contributed by atoms with Crippen LogP contribution < -0.4 is 14.9 Å². The molecule has 0 N–H and O–H groups in total. The van der Waals surface area contributed by atoms with Gasteiger partial charge in [0.05, 0.1) is 12.0 Å². The highest BCUT2D eigenvalue weighted by molar-refractivity contribution is 5.80. The van der Waals surface area contributed by atoms with Gasteiger partial charge in [0, 0.05) is 6.07 Å². The average molecular weight is 450 g/mol. The zero-order chi connectivity index (χ0) is 23.5. The van der Waals surface area contributed by atoms with Gasteiger partial charge in [0.15, 0.2) is 6.10 Å². The molecule has 2 aromatic carbocycles. The van der Waals surface area contributed by atoms with Gasteiger partial charge >= 0.3 is 12.1 Å². The summed E-state index contributed by atoms with van der Waals surface area (Å²) in [6.45, 7) is 5.14. The summed E-state index contributed by atoms with van der Waals surface area (Å²) >= 11 is 0. The maximum absolute atomic E-state index is 13.7. The third-order valence-corrected chi connectivity index (χ3v) is 4.56. The SMILES string of the molecule is CCOC(=O)C(C)Oc1ccc2c(=O)c(Oc3ccc(CC)cc3)c(C(F)(F)F)oc2c1. The third-order valence-electron chi connectivity index (χ3n) is 4.56. The summed E-state index contributed by atoms with van der Waals surface area (Å²) in [5.74, 6) is -3.04. The number of hydrogen-bond acceptors (Lipinski definition) is 6. The highest BCUT2D eigenvalue weighted by atomic mass is 19.4. The monoisotopic (exact) mass is 450 g/mol. The Balaban J connectivity index is 2.03. The Morgan fingerprint density at radius 2 is 1.72 bits per heavy atom. The van der Waals surface area contributed by atoms with Gasteiger partial charge in [-0.05, 0) is 50.1 Å². The highest BCUT2D eigenvalue weighted by Gasteiger charge is 2.40. The average Bonchev–Trinajstić information content (AvgIpc) is 2.75. The molecule has 0 saturated heterocycles. The van der Waals surface area contributed by atoms with E-state index in [-0.39, 0.29) is 29.1 Å². The lowest BCUT2D eigenvalue weighted by Crippen LogP contribution is -2.26. The van der Waals surface area contributed by atoms with Crippen molar-refractivity contribution in [2.24, 2.45) is 0 Å². The van der Waals surface area contributed by atoms with Crippen molar-refractivity contribution in [3.05, 3.63) is 64.0 Å². The van der Waals surface area contributed by atoms with Crippen LogP contribution in [0.4, 0.5) is 13.2 Å². The molecule has 0 radical (unpaired) electrons. The van der Waals surface area contributed by atoms with Crippen LogP contribution in [0.15, 0.2) is 51.7 Å². The van der Waals surface area contributed by atoms with Gasteiger partial charge in [-0.2, -0.15) is 13.2 Å². The summed E-state index contributed by atoms with van der Waals surface area (Å²) in [5, 5.41) is -0.130. The van der Waals surface area contributed by atoms with Crippen molar-refractivity contribution in [3.63, 3.8) is 0 Å². The fourth-order valence-corrected chi connectivity index (χ4v) is 2.93. The van der Waals surface area contributed by atoms with Crippen LogP contribution in [0.5, 0.6) is 17.2 Å². The Hall–Kier alpha value is -3.49. The van der Waals surface area contributed by atoms with Crippen molar-refractivity contribution >= 4 is 16.9 Å². The first-order valence-electron chi connectivity index (χ1n) is 9.92. The predicted octanol–water partition coefficient (Wildman–Crippen LogP) is 5.50. The molecule has 0 fully saturated rings. The van der Waals surface area contributed by atoms with Crippen LogP contribution in [0.3, 0.4) is 0 Å². The van der Waals surface area contributed by atoms with E-state index in [1.165, 1.54) is 31.2 Å². The van der Waals surface area contributed by atoms with E-state index in [1.807, 2.05) is 6.92 Å². The molecule has 0 amide bonds. The number of fused-ring (bicyclic) bond motifs is 1. The molecule has 0 bridgehead atoms. The first-order chi connectivity index (χ1) is 15.1. The molecule has 32 heavy (non-hydrogen) atoms. The van der Waals surface area contributed by atoms with Crippen LogP contribution >= 0.6 is 0 Å². The Kier molecular flexibility index (Phi) is 6.76. The minimum absolute atomic E-state index is 0.0400. The second-order valence-electron chi connectivity index (χ2n) is 6.86. The zero-order valence-corrected chi connectivity index (χ0v) is 17.6. The lowest BCUT2D eigenvalue weighted by molar-refractivity contribution is -0.154. The molecule has 0 aliphatic heterocycles. The fraction of sp³-hybridized carbons (Fsp3) is 0.304. The maximum atomic E-state index is 13.7. The van der Waals surface area contributed by atoms with Gasteiger partial charge in [0.1, 0.15) is 17.1 Å². The molecule has 0 spiro atoms. The topological polar surface area (TPSA) is 75.0 Å². The van der Waals surface area contributed by atoms with Gasteiger partial charge in [-0.1, -0.05) is 19.1 Å². The number of carbonyl (C=O) groups excluding carboxylic acids is 1. The standard InChI is InChI=1S/C23H21F3O6/c1-4-14-6-8-15(9-7-14)31-20-19(27)17-11-10-16(30-13(3)22(28)29-5-2)12-18(17)32-21(20)23(24,25)26/h6-13H,4-5H2,1-3H3. The van der Waals surface area contributed by atoms with Crippen molar-refractivity contribution in [1.29, 1.82) is 0 Å². The summed E-state index contributed by atoms with van der Waals surface area (Å²) < 4.78 is 61.6. The Morgan fingerprint density at radius 1 is 1.06 bits per heavy atom. The first kappa shape index (κ1) is 23.2. The number of alkyl halides is 3. The van der Waals surface area contributed by atoms with Gasteiger partial charge in [0.25, 0.3) is 5.76 Å². The summed E-state index contributed by atoms with van der Waals surface area (Å²) in [4.78, 5) is 24.6. The van der Waals surface area contributed by atoms with E-state index in [9.17, 15) is 22.8 Å². The van der Waals surface area contributed by atoms with E-state index >= 15 is 0 Å². The number of hydrogen-bond donors (Lipinski definition) is 0. The van der Waals surface area contributed by atoms with Crippen molar-refractivity contribution in [1.82, 2.24) is 0 Å². The molecule has 3 aromatic rings. The van der Waals surface area contributed by atoms with Crippen molar-refractivity contribution in [2.45, 2.75) is 39.5 Å². The first-order valence-corrected chi connectivity index (χ1v) is 9.92. The van der Waals surface area contributed by atoms with E-state index in [0.717, 1.165) is 18.1 Å². The summed E-state index contributed by atoms with van der Waals surface area (Å²) in [5.41, 5.74) is -0.379. The molecule has 0 aliphatic rings. The second-order valence-corrected chi connectivity index (χ2v) is 6.86. The molecule has 9 heteroatoms. The Morgan fingerprint density at radius 3 is 2.31 bits per heavy atom. The maximum Gasteiger partial charge on any atom is 0.453 e. The Labute approximate surface area is 181 Å². The van der Waals surface area contributed by atoms with Crippen LogP contribution in [0, 0.1) is 0 Å². The molecule has 0 aliphatic carbocycles. The summed E-state index contributed by atoms with van der Waals surface area (Å²) in [6, 6.07) is 10.1. The van der Waals surface area contributed by atoms with Crippen LogP contribution in [-0.2, 0) is 22.1 Å². The zero-order valence-electron chi connectivity index (χ0n) is 17.6. The number of aryl methyl sites for hydroxylation is 1. The van der Waals surface area contributed by atoms with Crippen molar-refractivity contribution < 1.29 is 36.6 Å². The normalized spacial score (nSPS) is 12.4. The number of benzene rings is 2. The van der Waals surface area contributed by atoms with Crippen LogP contribution in [-0.4, -0.2) is 18.7 Å². The van der Waals surface area contributed by atoms with E-state index in [4.69, 9.17) is 18.6 Å². The lowest BCUT2D eigenvalue weighted by Gasteiger charge is -2.15. The molecule has 3 rings (SSSR count). The Bertz CT molecular complexity index is 1170. The molecule has 170 valence electrons. The summed E-state index contributed by atoms with van der Waals surface area (Å²) in [7, 11) is 0. The highest BCUT2D eigenvalue weighted by Crippen LogP contribution is 2.38. The second kappa shape index (κ2) is 9.33. The van der Waals surface area contributed by atoms with E-state index in [2.05, 4.69) is 0 Å². The predicted molar refractivity (Wildman–Crippen MR) is 110 cm³/mol. The van der Waals surface area contributed by atoms with Crippen LogP contribution in [0.25, 0.3) is 11.0 Å². The molecular weight excluding hydrogens is 429 g/mol. The molecular formula is C23H21F3O6. The molecule has 1 atom stereocenters. The minimum atomic E-state index is -4.98. The smallest absolute Gasteiger partial charge is 0.453 e. The largest absolute Gasteiger partial charge is 0.479 e. The molecule has 1 aromatic heterocycles. The van der Waals surface area contributed by atoms with Crippen LogP contribution in [0.2, 0.25) is 0 Å². The quantitative estimate of drug-likeness (QED) is 0.443. The molecule has 1 unspecified atom stereocenters. The number of esters is 1. The third kappa shape index (κ3) is 5.04. The van der Waals surface area contributed by atoms with Crippen molar-refractivity contribution in [2.75, 3.05) is 6.61 Å². The number of ether oxygens (including phenoxy) is 3. The molecule has 6 nitrogen and oxygen atoms in total. The number of halogens is 3. The van der Waals surface area contributed by atoms with E-state index in [0.29, 0.717) is 0 Å². The van der Waals surface area contributed by atoms with Gasteiger partial charge in [-0.15, -0.1) is 0 Å². The summed E-state index contributed by atoms with van der Waals surface area (Å²) in [6.07, 6.45) is -5.25. The number of rotatable bonds is 7. The van der Waals surface area contributed by atoms with E-state index in [1.54, 1.807) is 19.1 Å². The van der Waals surface area contributed by atoms with Gasteiger partial charge < -0.3 is 18.6 Å². The lowest BCUT2D eigenvalue weighted by atomic mass is 10.1. The molecule has 1 heterocycles. The molecule has 0 saturated carbocycles. The van der Waals surface area contributed by atoms with E-state index < -0.39 is 35.2 Å². The van der Waals surface area contributed by atoms with Gasteiger partial charge in [-0.25, -0.2) is 4.79 Å².